The van der Waals surface area contributed by atoms with Crippen molar-refractivity contribution in [1.29, 1.82) is 0 Å². The molecule has 0 spiro atoms. The monoisotopic (exact) mass is 398 g/mol. The number of aryl methyl sites for hydroxylation is 2. The van der Waals surface area contributed by atoms with Crippen LogP contribution in [0.1, 0.15) is 27.3 Å². The van der Waals surface area contributed by atoms with Crippen molar-refractivity contribution in [2.75, 3.05) is 10.6 Å². The summed E-state index contributed by atoms with van der Waals surface area (Å²) < 4.78 is 0. The maximum atomic E-state index is 12.8. The van der Waals surface area contributed by atoms with Gasteiger partial charge in [-0.1, -0.05) is 54.6 Å². The fourth-order valence-electron chi connectivity index (χ4n) is 3.52. The van der Waals surface area contributed by atoms with Crippen LogP contribution in [-0.4, -0.2) is 22.0 Å². The van der Waals surface area contributed by atoms with Gasteiger partial charge in [0.15, 0.2) is 0 Å². The van der Waals surface area contributed by atoms with E-state index in [-0.39, 0.29) is 18.2 Å². The Morgan fingerprint density at radius 2 is 1.63 bits per heavy atom. The number of anilines is 2. The van der Waals surface area contributed by atoms with Gasteiger partial charge in [-0.2, -0.15) is 5.10 Å². The average Bonchev–Trinajstić information content (AvgIpc) is 3.06. The summed E-state index contributed by atoms with van der Waals surface area (Å²) in [6.07, 6.45) is 0.219. The highest BCUT2D eigenvalue weighted by Gasteiger charge is 2.16. The summed E-state index contributed by atoms with van der Waals surface area (Å²) in [7, 11) is 0. The second-order valence-corrected chi connectivity index (χ2v) is 7.17. The molecule has 4 aromatic rings. The second kappa shape index (κ2) is 8.21. The Hall–Kier alpha value is -3.93. The lowest BCUT2D eigenvalue weighted by atomic mass is 10.0. The molecule has 1 heterocycles. The largest absolute Gasteiger partial charge is 0.325 e. The number of fused-ring (bicyclic) bond motifs is 1. The number of amides is 2. The molecule has 0 radical (unpaired) electrons. The fourth-order valence-corrected chi connectivity index (χ4v) is 3.52. The number of nitrogens with zero attached hydrogens (tertiary/aromatic N) is 1. The zero-order chi connectivity index (χ0) is 21.1. The predicted molar refractivity (Wildman–Crippen MR) is 119 cm³/mol. The van der Waals surface area contributed by atoms with Crippen LogP contribution in [0.4, 0.5) is 11.4 Å². The molecule has 150 valence electrons. The van der Waals surface area contributed by atoms with E-state index in [1.807, 2.05) is 56.3 Å². The number of nitrogens with one attached hydrogen (secondary N) is 3. The van der Waals surface area contributed by atoms with E-state index >= 15 is 0 Å². The molecule has 30 heavy (non-hydrogen) atoms. The number of rotatable bonds is 5. The molecule has 0 saturated heterocycles. The Kier molecular flexibility index (Phi) is 5.30. The van der Waals surface area contributed by atoms with Gasteiger partial charge in [0.25, 0.3) is 5.91 Å². The van der Waals surface area contributed by atoms with Gasteiger partial charge < -0.3 is 10.6 Å². The lowest BCUT2D eigenvalue weighted by Crippen LogP contribution is -2.19. The Labute approximate surface area is 174 Å². The first-order valence-electron chi connectivity index (χ1n) is 9.71. The second-order valence-electron chi connectivity index (χ2n) is 7.17. The van der Waals surface area contributed by atoms with Crippen LogP contribution in [0.5, 0.6) is 0 Å². The minimum Gasteiger partial charge on any atom is -0.325 e. The standard InChI is InChI=1S/C24H22N4O2/c1-15-23(16(2)28-27-15)26-24(30)20-12-5-6-13-21(20)25-22(29)14-18-10-7-9-17-8-3-4-11-19(17)18/h3-13H,14H2,1-2H3,(H,25,29)(H,26,30)(H,27,28). The minimum absolute atomic E-state index is 0.178. The quantitative estimate of drug-likeness (QED) is 0.459. The van der Waals surface area contributed by atoms with Crippen LogP contribution >= 0.6 is 0 Å². The van der Waals surface area contributed by atoms with Crippen LogP contribution in [0, 0.1) is 13.8 Å². The summed E-state index contributed by atoms with van der Waals surface area (Å²) in [5, 5.41) is 14.9. The molecule has 0 unspecified atom stereocenters. The van der Waals surface area contributed by atoms with Crippen LogP contribution in [0.15, 0.2) is 66.7 Å². The van der Waals surface area contributed by atoms with Crippen molar-refractivity contribution in [3.63, 3.8) is 0 Å². The lowest BCUT2D eigenvalue weighted by molar-refractivity contribution is -0.115. The van der Waals surface area contributed by atoms with Crippen molar-refractivity contribution in [2.45, 2.75) is 20.3 Å². The van der Waals surface area contributed by atoms with Crippen LogP contribution in [-0.2, 0) is 11.2 Å². The fraction of sp³-hybridized carbons (Fsp3) is 0.125. The Morgan fingerprint density at radius 1 is 0.900 bits per heavy atom. The van der Waals surface area contributed by atoms with Crippen LogP contribution in [0.25, 0.3) is 10.8 Å². The predicted octanol–water partition coefficient (Wildman–Crippen LogP) is 4.61. The smallest absolute Gasteiger partial charge is 0.257 e. The minimum atomic E-state index is -0.302. The van der Waals surface area contributed by atoms with Gasteiger partial charge >= 0.3 is 0 Å². The van der Waals surface area contributed by atoms with Crippen molar-refractivity contribution >= 4 is 34.0 Å². The van der Waals surface area contributed by atoms with Gasteiger partial charge in [0.05, 0.1) is 34.7 Å². The normalized spacial score (nSPS) is 10.7. The summed E-state index contributed by atoms with van der Waals surface area (Å²) in [6.45, 7) is 3.66. The van der Waals surface area contributed by atoms with Crippen molar-refractivity contribution < 1.29 is 9.59 Å². The zero-order valence-electron chi connectivity index (χ0n) is 16.8. The van der Waals surface area contributed by atoms with E-state index in [4.69, 9.17) is 0 Å². The molecule has 6 nitrogen and oxygen atoms in total. The van der Waals surface area contributed by atoms with E-state index < -0.39 is 0 Å². The van der Waals surface area contributed by atoms with E-state index in [0.717, 1.165) is 22.0 Å². The number of carbonyl (C=O) groups is 2. The summed E-state index contributed by atoms with van der Waals surface area (Å²) in [6, 6.07) is 20.9. The van der Waals surface area contributed by atoms with Gasteiger partial charge in [-0.15, -0.1) is 0 Å². The number of hydrogen-bond donors (Lipinski definition) is 3. The van der Waals surface area contributed by atoms with E-state index in [9.17, 15) is 9.59 Å². The molecule has 0 aliphatic carbocycles. The van der Waals surface area contributed by atoms with Crippen molar-refractivity contribution in [3.8, 4) is 0 Å². The third kappa shape index (κ3) is 3.93. The molecule has 2 amide bonds. The van der Waals surface area contributed by atoms with Gasteiger partial charge in [-0.05, 0) is 42.3 Å². The first-order chi connectivity index (χ1) is 14.5. The highest BCUT2D eigenvalue weighted by Crippen LogP contribution is 2.22. The van der Waals surface area contributed by atoms with Gasteiger partial charge in [-0.3, -0.25) is 14.7 Å². The number of aromatic nitrogens is 2. The molecule has 0 aliphatic rings. The molecule has 0 aliphatic heterocycles. The molecule has 1 aromatic heterocycles. The van der Waals surface area contributed by atoms with Gasteiger partial charge in [-0.25, -0.2) is 0 Å². The Bertz CT molecular complexity index is 1220. The van der Waals surface area contributed by atoms with Gasteiger partial charge in [0, 0.05) is 0 Å². The maximum absolute atomic E-state index is 12.8. The summed E-state index contributed by atoms with van der Waals surface area (Å²) in [5.74, 6) is -0.481. The zero-order valence-corrected chi connectivity index (χ0v) is 16.8. The van der Waals surface area contributed by atoms with Crippen LogP contribution < -0.4 is 10.6 Å². The number of H-pyrrole nitrogens is 1. The lowest BCUT2D eigenvalue weighted by Gasteiger charge is -2.12. The molecular formula is C24H22N4O2. The highest BCUT2D eigenvalue weighted by molar-refractivity contribution is 6.10. The number of benzene rings is 3. The number of hydrogen-bond acceptors (Lipinski definition) is 3. The Morgan fingerprint density at radius 3 is 2.43 bits per heavy atom. The molecule has 3 N–H and O–H groups in total. The first kappa shape index (κ1) is 19.4. The maximum Gasteiger partial charge on any atom is 0.257 e. The van der Waals surface area contributed by atoms with Crippen molar-refractivity contribution in [3.05, 3.63) is 89.2 Å². The number of carbonyl (C=O) groups excluding carboxylic acids is 2. The van der Waals surface area contributed by atoms with Crippen molar-refractivity contribution in [1.82, 2.24) is 10.2 Å². The van der Waals surface area contributed by atoms with E-state index in [1.54, 1.807) is 24.3 Å². The summed E-state index contributed by atoms with van der Waals surface area (Å²) in [5.41, 5.74) is 3.94. The number of para-hydroxylation sites is 1. The molecular weight excluding hydrogens is 376 g/mol. The van der Waals surface area contributed by atoms with Gasteiger partial charge in [0.2, 0.25) is 5.91 Å². The molecule has 0 atom stereocenters. The summed E-state index contributed by atoms with van der Waals surface area (Å²) in [4.78, 5) is 25.6. The molecule has 0 bridgehead atoms. The third-order valence-electron chi connectivity index (χ3n) is 5.04. The molecule has 0 saturated carbocycles. The summed E-state index contributed by atoms with van der Waals surface area (Å²) >= 11 is 0. The van der Waals surface area contributed by atoms with Crippen LogP contribution in [0.2, 0.25) is 0 Å². The van der Waals surface area contributed by atoms with Gasteiger partial charge in [0.1, 0.15) is 0 Å². The van der Waals surface area contributed by atoms with Crippen LogP contribution in [0.3, 0.4) is 0 Å². The molecule has 4 rings (SSSR count). The first-order valence-corrected chi connectivity index (χ1v) is 9.71. The van der Waals surface area contributed by atoms with E-state index in [2.05, 4.69) is 20.8 Å². The topological polar surface area (TPSA) is 86.9 Å². The SMILES string of the molecule is Cc1n[nH]c(C)c1NC(=O)c1ccccc1NC(=O)Cc1cccc2ccccc12. The van der Waals surface area contributed by atoms with E-state index in [1.165, 1.54) is 0 Å². The average molecular weight is 398 g/mol. The number of aromatic amines is 1. The molecule has 0 fully saturated rings. The molecule has 3 aromatic carbocycles. The Balaban J connectivity index is 1.54. The van der Waals surface area contributed by atoms with E-state index in [0.29, 0.717) is 22.6 Å². The highest BCUT2D eigenvalue weighted by atomic mass is 16.2. The third-order valence-corrected chi connectivity index (χ3v) is 5.04. The van der Waals surface area contributed by atoms with Crippen molar-refractivity contribution in [2.24, 2.45) is 0 Å². The molecule has 6 heteroatoms.